The molecular formula is C25H29F4O2P. The molecule has 0 bridgehead atoms. The molecule has 2 aromatic carbocycles. The largest absolute Gasteiger partial charge is 0.508 e. The Hall–Kier alpha value is -2.33. The van der Waals surface area contributed by atoms with Crippen molar-refractivity contribution >= 4 is 20.1 Å². The van der Waals surface area contributed by atoms with Crippen molar-refractivity contribution in [3.8, 4) is 5.75 Å². The number of halogens is 4. The molecule has 2 aromatic rings. The zero-order valence-corrected chi connectivity index (χ0v) is 19.9. The fourth-order valence-electron chi connectivity index (χ4n) is 3.07. The molecule has 0 aliphatic heterocycles. The summed E-state index contributed by atoms with van der Waals surface area (Å²) in [5, 5.41) is 10.8. The molecule has 1 fully saturated rings. The van der Waals surface area contributed by atoms with Gasteiger partial charge in [0.15, 0.2) is 17.4 Å². The van der Waals surface area contributed by atoms with Gasteiger partial charge in [-0.15, -0.1) is 9.24 Å². The summed E-state index contributed by atoms with van der Waals surface area (Å²) >= 11 is 0. The Kier molecular flexibility index (Phi) is 9.33. The van der Waals surface area contributed by atoms with E-state index in [0.29, 0.717) is 24.2 Å². The molecule has 7 heteroatoms. The van der Waals surface area contributed by atoms with Crippen LogP contribution in [0.2, 0.25) is 0 Å². The zero-order chi connectivity index (χ0) is 24.0. The van der Waals surface area contributed by atoms with E-state index in [2.05, 4.69) is 23.1 Å². The van der Waals surface area contributed by atoms with Gasteiger partial charge in [-0.25, -0.2) is 17.6 Å². The molecule has 1 saturated carbocycles. The zero-order valence-electron chi connectivity index (χ0n) is 18.7. The molecule has 0 heterocycles. The molecule has 1 atom stereocenters. The summed E-state index contributed by atoms with van der Waals surface area (Å²) in [5.74, 6) is -4.86. The highest BCUT2D eigenvalue weighted by Gasteiger charge is 2.26. The van der Waals surface area contributed by atoms with Gasteiger partial charge < -0.3 is 9.84 Å². The quantitative estimate of drug-likeness (QED) is 0.282. The number of hydrogen-bond donors (Lipinski definition) is 1. The fourth-order valence-corrected chi connectivity index (χ4v) is 3.49. The summed E-state index contributed by atoms with van der Waals surface area (Å²) in [6.07, 6.45) is 4.23. The van der Waals surface area contributed by atoms with Crippen LogP contribution in [0, 0.1) is 23.3 Å². The number of benzene rings is 2. The van der Waals surface area contributed by atoms with Crippen LogP contribution in [0.3, 0.4) is 0 Å². The molecule has 1 N–H and O–H groups in total. The van der Waals surface area contributed by atoms with Crippen molar-refractivity contribution < 1.29 is 27.4 Å². The number of allylic oxidation sites excluding steroid dienone is 2. The fraction of sp³-hybridized carbons (Fsp3) is 0.360. The SMILES string of the molecule is CC(C)Oc1c(F)cc(F)c(/C(=C\C(O)=C2CCC2)c2ccc(F)cc2P)c1F.CCC. The molecule has 32 heavy (non-hydrogen) atoms. The van der Waals surface area contributed by atoms with Crippen LogP contribution in [0.5, 0.6) is 5.75 Å². The van der Waals surface area contributed by atoms with Crippen LogP contribution in [0.4, 0.5) is 17.6 Å². The smallest absolute Gasteiger partial charge is 0.191 e. The van der Waals surface area contributed by atoms with Crippen molar-refractivity contribution in [1.82, 2.24) is 0 Å². The number of ether oxygens (including phenoxy) is 1. The van der Waals surface area contributed by atoms with E-state index in [9.17, 15) is 18.3 Å². The molecule has 0 aromatic heterocycles. The molecule has 0 spiro atoms. The van der Waals surface area contributed by atoms with E-state index in [1.165, 1.54) is 24.6 Å². The Bertz CT molecular complexity index is 1020. The molecular weight excluding hydrogens is 439 g/mol. The monoisotopic (exact) mass is 468 g/mol. The van der Waals surface area contributed by atoms with Gasteiger partial charge >= 0.3 is 0 Å². The molecule has 0 radical (unpaired) electrons. The maximum absolute atomic E-state index is 15.2. The number of hydrogen-bond acceptors (Lipinski definition) is 2. The van der Waals surface area contributed by atoms with E-state index in [4.69, 9.17) is 4.74 Å². The first-order chi connectivity index (χ1) is 15.1. The van der Waals surface area contributed by atoms with Crippen LogP contribution in [-0.4, -0.2) is 11.2 Å². The van der Waals surface area contributed by atoms with Crippen molar-refractivity contribution in [3.63, 3.8) is 0 Å². The first-order valence-corrected chi connectivity index (χ1v) is 11.2. The molecule has 2 nitrogen and oxygen atoms in total. The number of aliphatic hydroxyl groups is 1. The lowest BCUT2D eigenvalue weighted by molar-refractivity contribution is 0.218. The highest BCUT2D eigenvalue weighted by Crippen LogP contribution is 2.37. The average molecular weight is 468 g/mol. The summed E-state index contributed by atoms with van der Waals surface area (Å²) in [5.41, 5.74) is 0.457. The van der Waals surface area contributed by atoms with Crippen molar-refractivity contribution in [2.24, 2.45) is 0 Å². The van der Waals surface area contributed by atoms with Gasteiger partial charge in [0, 0.05) is 6.07 Å². The highest BCUT2D eigenvalue weighted by atomic mass is 31.0. The minimum atomic E-state index is -1.22. The van der Waals surface area contributed by atoms with Crippen LogP contribution in [0.25, 0.3) is 5.57 Å². The Balaban J connectivity index is 0.00000114. The van der Waals surface area contributed by atoms with Gasteiger partial charge in [-0.3, -0.25) is 0 Å². The van der Waals surface area contributed by atoms with Crippen molar-refractivity contribution in [2.75, 3.05) is 0 Å². The second kappa shape index (κ2) is 11.5. The Morgan fingerprint density at radius 3 is 2.22 bits per heavy atom. The number of aliphatic hydroxyl groups excluding tert-OH is 1. The summed E-state index contributed by atoms with van der Waals surface area (Å²) in [6, 6.07) is 4.23. The van der Waals surface area contributed by atoms with E-state index >= 15 is 4.39 Å². The summed E-state index contributed by atoms with van der Waals surface area (Å²) in [6.45, 7) is 7.43. The van der Waals surface area contributed by atoms with Gasteiger partial charge in [0.25, 0.3) is 0 Å². The molecule has 1 unspecified atom stereocenters. The third kappa shape index (κ3) is 6.13. The van der Waals surface area contributed by atoms with E-state index in [0.717, 1.165) is 18.1 Å². The molecule has 0 amide bonds. The van der Waals surface area contributed by atoms with E-state index in [1.807, 2.05) is 0 Å². The lowest BCUT2D eigenvalue weighted by Crippen LogP contribution is -2.12. The van der Waals surface area contributed by atoms with Crippen molar-refractivity contribution in [2.45, 2.75) is 59.5 Å². The van der Waals surface area contributed by atoms with Gasteiger partial charge in [-0.2, -0.15) is 0 Å². The standard InChI is InChI=1S/C22H21F4O2P.C3H8/c1-11(2)28-22-17(25)10-16(24)20(21(22)26)15(9-18(27)12-4-3-5-12)14-7-6-13(23)8-19(14)29;1-3-2/h6-11,27H,3-5,29H2,1-2H3;3H2,1-2H3/b15-9-;. The minimum Gasteiger partial charge on any atom is -0.508 e. The lowest BCUT2D eigenvalue weighted by Gasteiger charge is -2.20. The number of rotatable bonds is 5. The van der Waals surface area contributed by atoms with Crippen LogP contribution in [0.1, 0.15) is 64.5 Å². The Morgan fingerprint density at radius 1 is 1.09 bits per heavy atom. The Labute approximate surface area is 189 Å². The second-order valence-electron chi connectivity index (χ2n) is 7.86. The van der Waals surface area contributed by atoms with Crippen LogP contribution in [-0.2, 0) is 0 Å². The topological polar surface area (TPSA) is 29.5 Å². The van der Waals surface area contributed by atoms with Gasteiger partial charge in [0.05, 0.1) is 11.7 Å². The molecule has 174 valence electrons. The predicted molar refractivity (Wildman–Crippen MR) is 124 cm³/mol. The molecule has 1 aliphatic carbocycles. The van der Waals surface area contributed by atoms with Crippen molar-refractivity contribution in [3.05, 3.63) is 76.1 Å². The molecule has 3 rings (SSSR count). The maximum atomic E-state index is 15.2. The van der Waals surface area contributed by atoms with Crippen molar-refractivity contribution in [1.29, 1.82) is 0 Å². The Morgan fingerprint density at radius 2 is 1.72 bits per heavy atom. The first-order valence-electron chi connectivity index (χ1n) is 10.6. The summed E-state index contributed by atoms with van der Waals surface area (Å²) in [4.78, 5) is 0. The van der Waals surface area contributed by atoms with Crippen LogP contribution in [0.15, 0.2) is 41.7 Å². The third-order valence-corrected chi connectivity index (χ3v) is 5.13. The van der Waals surface area contributed by atoms with E-state index < -0.39 is 40.7 Å². The van der Waals surface area contributed by atoms with Gasteiger partial charge in [0.2, 0.25) is 0 Å². The average Bonchev–Trinajstić information content (AvgIpc) is 2.63. The first kappa shape index (κ1) is 25.9. The third-order valence-electron chi connectivity index (χ3n) is 4.66. The van der Waals surface area contributed by atoms with Crippen LogP contribution >= 0.6 is 9.24 Å². The highest BCUT2D eigenvalue weighted by molar-refractivity contribution is 7.27. The second-order valence-corrected chi connectivity index (χ2v) is 8.49. The summed E-state index contributed by atoms with van der Waals surface area (Å²) < 4.78 is 62.9. The predicted octanol–water partition coefficient (Wildman–Crippen LogP) is 7.37. The van der Waals surface area contributed by atoms with Gasteiger partial charge in [-0.05, 0) is 73.3 Å². The lowest BCUT2D eigenvalue weighted by atomic mass is 9.89. The normalized spacial score (nSPS) is 13.4. The minimum absolute atomic E-state index is 0.0319. The van der Waals surface area contributed by atoms with E-state index in [-0.39, 0.29) is 16.9 Å². The van der Waals surface area contributed by atoms with Crippen LogP contribution < -0.4 is 10.0 Å². The molecule has 0 saturated heterocycles. The maximum Gasteiger partial charge on any atom is 0.191 e. The van der Waals surface area contributed by atoms with Gasteiger partial charge in [0.1, 0.15) is 17.4 Å². The summed E-state index contributed by atoms with van der Waals surface area (Å²) in [7, 11) is 2.30. The van der Waals surface area contributed by atoms with E-state index in [1.54, 1.807) is 13.8 Å². The molecule has 1 aliphatic rings. The van der Waals surface area contributed by atoms with Gasteiger partial charge in [-0.1, -0.05) is 26.3 Å².